The zero-order valence-corrected chi connectivity index (χ0v) is 10.2. The van der Waals surface area contributed by atoms with Gasteiger partial charge in [0.1, 0.15) is 0 Å². The molecule has 0 spiro atoms. The zero-order chi connectivity index (χ0) is 11.6. The molecule has 1 heterocycles. The Labute approximate surface area is 97.6 Å². The van der Waals surface area contributed by atoms with Crippen LogP contribution < -0.4 is 5.73 Å². The molecule has 1 aliphatic heterocycles. The Morgan fingerprint density at radius 3 is 2.88 bits per heavy atom. The third-order valence-corrected chi connectivity index (χ3v) is 3.76. The van der Waals surface area contributed by atoms with Crippen molar-refractivity contribution in [2.45, 2.75) is 38.7 Å². The highest BCUT2D eigenvalue weighted by molar-refractivity contribution is 5.78. The van der Waals surface area contributed by atoms with Crippen LogP contribution in [0.1, 0.15) is 32.6 Å². The highest BCUT2D eigenvalue weighted by Gasteiger charge is 2.44. The van der Waals surface area contributed by atoms with Crippen molar-refractivity contribution in [3.8, 4) is 0 Å². The SMILES string of the molecule is CCC1CN(CC2(CC(=N)N)CC2)CCO1. The molecule has 0 aromatic carbocycles. The molecule has 1 unspecified atom stereocenters. The number of nitrogens with one attached hydrogen (secondary N) is 1. The molecule has 92 valence electrons. The molecule has 0 amide bonds. The van der Waals surface area contributed by atoms with E-state index < -0.39 is 0 Å². The van der Waals surface area contributed by atoms with E-state index in [9.17, 15) is 0 Å². The molecule has 3 N–H and O–H groups in total. The van der Waals surface area contributed by atoms with Gasteiger partial charge in [0.25, 0.3) is 0 Å². The first-order chi connectivity index (χ1) is 7.63. The first-order valence-corrected chi connectivity index (χ1v) is 6.30. The lowest BCUT2D eigenvalue weighted by Crippen LogP contribution is -2.45. The third-order valence-electron chi connectivity index (χ3n) is 3.76. The van der Waals surface area contributed by atoms with E-state index in [-0.39, 0.29) is 0 Å². The Hall–Kier alpha value is -0.610. The van der Waals surface area contributed by atoms with Gasteiger partial charge in [0.05, 0.1) is 18.5 Å². The third kappa shape index (κ3) is 2.95. The van der Waals surface area contributed by atoms with Crippen molar-refractivity contribution in [3.63, 3.8) is 0 Å². The minimum atomic E-state index is 0.335. The lowest BCUT2D eigenvalue weighted by molar-refractivity contribution is -0.0351. The van der Waals surface area contributed by atoms with E-state index in [4.69, 9.17) is 15.9 Å². The molecule has 1 saturated heterocycles. The highest BCUT2D eigenvalue weighted by atomic mass is 16.5. The van der Waals surface area contributed by atoms with Gasteiger partial charge in [0, 0.05) is 26.1 Å². The standard InChI is InChI=1S/C12H23N3O/c1-2-10-8-15(5-6-16-10)9-12(3-4-12)7-11(13)14/h10H,2-9H2,1H3,(H3,13,14). The summed E-state index contributed by atoms with van der Waals surface area (Å²) in [6, 6.07) is 0. The molecule has 1 saturated carbocycles. The Balaban J connectivity index is 1.82. The van der Waals surface area contributed by atoms with Crippen LogP contribution in [0.2, 0.25) is 0 Å². The van der Waals surface area contributed by atoms with Gasteiger partial charge in [-0.05, 0) is 24.7 Å². The Morgan fingerprint density at radius 2 is 2.31 bits per heavy atom. The van der Waals surface area contributed by atoms with E-state index >= 15 is 0 Å². The van der Waals surface area contributed by atoms with E-state index in [2.05, 4.69) is 11.8 Å². The fourth-order valence-corrected chi connectivity index (χ4v) is 2.62. The van der Waals surface area contributed by atoms with Crippen molar-refractivity contribution in [1.29, 1.82) is 5.41 Å². The van der Waals surface area contributed by atoms with Gasteiger partial charge in [0.15, 0.2) is 0 Å². The first kappa shape index (κ1) is 11.9. The van der Waals surface area contributed by atoms with Crippen LogP contribution in [0.5, 0.6) is 0 Å². The number of nitrogens with two attached hydrogens (primary N) is 1. The number of hydrogen-bond donors (Lipinski definition) is 2. The van der Waals surface area contributed by atoms with Gasteiger partial charge >= 0.3 is 0 Å². The smallest absolute Gasteiger partial charge is 0.0911 e. The molecule has 2 rings (SSSR count). The van der Waals surface area contributed by atoms with Gasteiger partial charge in [-0.1, -0.05) is 6.92 Å². The van der Waals surface area contributed by atoms with Gasteiger partial charge in [-0.3, -0.25) is 10.3 Å². The van der Waals surface area contributed by atoms with Crippen LogP contribution in [0.25, 0.3) is 0 Å². The maximum Gasteiger partial charge on any atom is 0.0911 e. The summed E-state index contributed by atoms with van der Waals surface area (Å²) in [7, 11) is 0. The fraction of sp³-hybridized carbons (Fsp3) is 0.917. The average Bonchev–Trinajstić information content (AvgIpc) is 2.97. The number of rotatable bonds is 5. The van der Waals surface area contributed by atoms with E-state index in [1.807, 2.05) is 0 Å². The van der Waals surface area contributed by atoms with Crippen LogP contribution in [-0.2, 0) is 4.74 Å². The number of hydrogen-bond acceptors (Lipinski definition) is 3. The van der Waals surface area contributed by atoms with Crippen molar-refractivity contribution in [2.75, 3.05) is 26.2 Å². The normalized spacial score (nSPS) is 28.9. The van der Waals surface area contributed by atoms with Crippen LogP contribution in [0.3, 0.4) is 0 Å². The molecule has 1 atom stereocenters. The second-order valence-corrected chi connectivity index (χ2v) is 5.34. The van der Waals surface area contributed by atoms with Crippen LogP contribution in [0, 0.1) is 10.8 Å². The molecule has 0 aromatic rings. The second kappa shape index (κ2) is 4.72. The summed E-state index contributed by atoms with van der Waals surface area (Å²) in [6.45, 7) is 6.23. The highest BCUT2D eigenvalue weighted by Crippen LogP contribution is 2.49. The van der Waals surface area contributed by atoms with Gasteiger partial charge in [-0.2, -0.15) is 0 Å². The minimum Gasteiger partial charge on any atom is -0.388 e. The Morgan fingerprint density at radius 1 is 1.56 bits per heavy atom. The molecular weight excluding hydrogens is 202 g/mol. The largest absolute Gasteiger partial charge is 0.388 e. The number of morpholine rings is 1. The maximum absolute atomic E-state index is 7.42. The molecule has 0 radical (unpaired) electrons. The Bertz CT molecular complexity index is 263. The average molecular weight is 225 g/mol. The van der Waals surface area contributed by atoms with Gasteiger partial charge in [0.2, 0.25) is 0 Å². The summed E-state index contributed by atoms with van der Waals surface area (Å²) in [5, 5.41) is 7.42. The Kier molecular flexibility index (Phi) is 3.50. The summed E-state index contributed by atoms with van der Waals surface area (Å²) in [4.78, 5) is 2.49. The molecule has 2 aliphatic rings. The van der Waals surface area contributed by atoms with Crippen LogP contribution in [0.15, 0.2) is 0 Å². The minimum absolute atomic E-state index is 0.335. The van der Waals surface area contributed by atoms with Crippen molar-refractivity contribution in [3.05, 3.63) is 0 Å². The molecule has 4 nitrogen and oxygen atoms in total. The molecule has 4 heteroatoms. The molecule has 1 aliphatic carbocycles. The van der Waals surface area contributed by atoms with Gasteiger partial charge < -0.3 is 10.5 Å². The van der Waals surface area contributed by atoms with Crippen LogP contribution >= 0.6 is 0 Å². The predicted octanol–water partition coefficient (Wildman–Crippen LogP) is 1.20. The molecule has 16 heavy (non-hydrogen) atoms. The van der Waals surface area contributed by atoms with Crippen molar-refractivity contribution < 1.29 is 4.74 Å². The van der Waals surface area contributed by atoms with Crippen LogP contribution in [0.4, 0.5) is 0 Å². The molecule has 2 fully saturated rings. The van der Waals surface area contributed by atoms with Crippen molar-refractivity contribution in [2.24, 2.45) is 11.1 Å². The van der Waals surface area contributed by atoms with Crippen molar-refractivity contribution >= 4 is 5.84 Å². The van der Waals surface area contributed by atoms with E-state index in [0.717, 1.165) is 39.1 Å². The maximum atomic E-state index is 7.42. The zero-order valence-electron chi connectivity index (χ0n) is 10.2. The van der Waals surface area contributed by atoms with E-state index in [1.165, 1.54) is 12.8 Å². The lowest BCUT2D eigenvalue weighted by atomic mass is 10.0. The molecule has 0 aromatic heterocycles. The van der Waals surface area contributed by atoms with E-state index in [0.29, 0.717) is 17.4 Å². The fourth-order valence-electron chi connectivity index (χ4n) is 2.62. The molecule has 0 bridgehead atoms. The second-order valence-electron chi connectivity index (χ2n) is 5.34. The first-order valence-electron chi connectivity index (χ1n) is 6.30. The summed E-state index contributed by atoms with van der Waals surface area (Å²) in [5.41, 5.74) is 5.85. The van der Waals surface area contributed by atoms with Gasteiger partial charge in [-0.15, -0.1) is 0 Å². The summed E-state index contributed by atoms with van der Waals surface area (Å²) < 4.78 is 5.66. The topological polar surface area (TPSA) is 62.3 Å². The summed E-state index contributed by atoms with van der Waals surface area (Å²) >= 11 is 0. The monoisotopic (exact) mass is 225 g/mol. The predicted molar refractivity (Wildman–Crippen MR) is 64.7 cm³/mol. The number of ether oxygens (including phenoxy) is 1. The van der Waals surface area contributed by atoms with E-state index in [1.54, 1.807) is 0 Å². The van der Waals surface area contributed by atoms with Crippen molar-refractivity contribution in [1.82, 2.24) is 4.90 Å². The summed E-state index contributed by atoms with van der Waals surface area (Å²) in [5.74, 6) is 0.345. The number of nitrogens with zero attached hydrogens (tertiary/aromatic N) is 1. The quantitative estimate of drug-likeness (QED) is 0.546. The lowest BCUT2D eigenvalue weighted by Gasteiger charge is -2.34. The molecular formula is C12H23N3O. The van der Waals surface area contributed by atoms with Crippen LogP contribution in [-0.4, -0.2) is 43.1 Å². The summed E-state index contributed by atoms with van der Waals surface area (Å²) in [6.07, 6.45) is 4.75. The van der Waals surface area contributed by atoms with Gasteiger partial charge in [-0.25, -0.2) is 0 Å². The number of amidine groups is 1.